The second-order valence-corrected chi connectivity index (χ2v) is 10.5. The van der Waals surface area contributed by atoms with E-state index in [1.54, 1.807) is 30.9 Å². The van der Waals surface area contributed by atoms with Gasteiger partial charge in [-0.15, -0.1) is 0 Å². The number of ether oxygens (including phenoxy) is 1. The first-order valence-corrected chi connectivity index (χ1v) is 12.4. The summed E-state index contributed by atoms with van der Waals surface area (Å²) in [6, 6.07) is 10.1. The molecule has 1 amide bonds. The standard InChI is InChI=1S/C27H24F3N5O6/c1-25-13-33(12-20(36)32-11-15-3-6-17(7-4-15)35(39)40)14-26(2,41-25)22-21(25)23(37)34(24(22)38)18-8-5-16(10-31)19(9-18)27(28,29)30/h3-9,37-38H,11-14H2,1-2H3,(H,32,36). The van der Waals surface area contributed by atoms with Crippen molar-refractivity contribution in [2.24, 2.45) is 0 Å². The maximum Gasteiger partial charge on any atom is 0.417 e. The summed E-state index contributed by atoms with van der Waals surface area (Å²) in [5, 5.41) is 45.1. The number of morpholine rings is 1. The lowest BCUT2D eigenvalue weighted by Gasteiger charge is -2.43. The van der Waals surface area contributed by atoms with Gasteiger partial charge in [0.25, 0.3) is 5.69 Å². The predicted molar refractivity (Wildman–Crippen MR) is 136 cm³/mol. The molecular formula is C27H24F3N5O6. The highest BCUT2D eigenvalue weighted by atomic mass is 19.4. The summed E-state index contributed by atoms with van der Waals surface area (Å²) in [7, 11) is 0. The summed E-state index contributed by atoms with van der Waals surface area (Å²) in [6.45, 7) is 3.64. The van der Waals surface area contributed by atoms with Crippen LogP contribution in [-0.2, 0) is 33.5 Å². The van der Waals surface area contributed by atoms with Gasteiger partial charge in [0.1, 0.15) is 11.2 Å². The Labute approximate surface area is 231 Å². The highest BCUT2D eigenvalue weighted by molar-refractivity contribution is 5.78. The Bertz CT molecular complexity index is 1570. The quantitative estimate of drug-likeness (QED) is 0.298. The number of nitrogens with zero attached hydrogens (tertiary/aromatic N) is 4. The number of fused-ring (bicyclic) bond motifs is 5. The summed E-state index contributed by atoms with van der Waals surface area (Å²) in [5.41, 5.74) is -3.42. The fraction of sp³-hybridized carbons (Fsp3) is 0.333. The Hall–Kier alpha value is -4.61. The maximum absolute atomic E-state index is 13.6. The first-order chi connectivity index (χ1) is 19.2. The molecule has 3 heterocycles. The van der Waals surface area contributed by atoms with Crippen LogP contribution in [0, 0.1) is 21.4 Å². The molecule has 0 radical (unpaired) electrons. The second-order valence-electron chi connectivity index (χ2n) is 10.5. The fourth-order valence-electron chi connectivity index (χ4n) is 5.84. The van der Waals surface area contributed by atoms with Gasteiger partial charge in [-0.05, 0) is 37.6 Å². The molecule has 3 N–H and O–H groups in total. The number of hydrogen-bond donors (Lipinski definition) is 3. The number of nitrogens with one attached hydrogen (secondary N) is 1. The number of benzene rings is 2. The molecule has 41 heavy (non-hydrogen) atoms. The van der Waals surface area contributed by atoms with Crippen LogP contribution in [0.25, 0.3) is 5.69 Å². The van der Waals surface area contributed by atoms with Gasteiger partial charge in [-0.2, -0.15) is 18.4 Å². The fourth-order valence-corrected chi connectivity index (χ4v) is 5.84. The molecule has 14 heteroatoms. The van der Waals surface area contributed by atoms with Gasteiger partial charge >= 0.3 is 6.18 Å². The normalized spacial score (nSPS) is 21.8. The average Bonchev–Trinajstić information content (AvgIpc) is 3.26. The van der Waals surface area contributed by atoms with Crippen molar-refractivity contribution in [1.82, 2.24) is 14.8 Å². The number of amides is 1. The van der Waals surface area contributed by atoms with Gasteiger partial charge in [0.2, 0.25) is 17.7 Å². The monoisotopic (exact) mass is 571 g/mol. The van der Waals surface area contributed by atoms with Gasteiger partial charge in [-0.25, -0.2) is 0 Å². The van der Waals surface area contributed by atoms with Gasteiger partial charge in [-0.3, -0.25) is 24.4 Å². The molecule has 1 fully saturated rings. The van der Waals surface area contributed by atoms with Crippen LogP contribution in [0.1, 0.15) is 41.7 Å². The zero-order valence-corrected chi connectivity index (χ0v) is 21.8. The molecule has 2 aliphatic rings. The number of hydrogen-bond acceptors (Lipinski definition) is 8. The third-order valence-corrected chi connectivity index (χ3v) is 7.37. The summed E-state index contributed by atoms with van der Waals surface area (Å²) in [6.07, 6.45) is -4.83. The molecule has 2 aliphatic heterocycles. The van der Waals surface area contributed by atoms with Gasteiger partial charge in [0.05, 0.1) is 45.5 Å². The number of rotatable bonds is 6. The molecular weight excluding hydrogens is 547 g/mol. The molecule has 2 atom stereocenters. The smallest absolute Gasteiger partial charge is 0.417 e. The lowest BCUT2D eigenvalue weighted by atomic mass is 9.94. The van der Waals surface area contributed by atoms with E-state index in [9.17, 15) is 38.3 Å². The largest absolute Gasteiger partial charge is 0.494 e. The predicted octanol–water partition coefficient (Wildman–Crippen LogP) is 3.78. The number of carbonyl (C=O) groups excluding carboxylic acids is 1. The van der Waals surface area contributed by atoms with E-state index >= 15 is 0 Å². The number of nitro benzene ring substituents is 1. The molecule has 1 aromatic heterocycles. The van der Waals surface area contributed by atoms with Crippen LogP contribution >= 0.6 is 0 Å². The van der Waals surface area contributed by atoms with Crippen LogP contribution in [0.5, 0.6) is 11.8 Å². The Morgan fingerprint density at radius 3 is 2.22 bits per heavy atom. The lowest BCUT2D eigenvalue weighted by molar-refractivity contribution is -0.384. The molecule has 0 aliphatic carbocycles. The van der Waals surface area contributed by atoms with Crippen LogP contribution < -0.4 is 5.32 Å². The van der Waals surface area contributed by atoms with Crippen molar-refractivity contribution in [3.8, 4) is 23.5 Å². The first-order valence-electron chi connectivity index (χ1n) is 12.4. The number of alkyl halides is 3. The number of nitro groups is 1. The van der Waals surface area contributed by atoms with Crippen molar-refractivity contribution in [2.75, 3.05) is 19.6 Å². The average molecular weight is 572 g/mol. The lowest BCUT2D eigenvalue weighted by Crippen LogP contribution is -2.54. The van der Waals surface area contributed by atoms with Gasteiger partial charge in [-0.1, -0.05) is 12.1 Å². The minimum absolute atomic E-state index is 0.0577. The number of aromatic hydroxyl groups is 2. The van der Waals surface area contributed by atoms with Crippen molar-refractivity contribution in [2.45, 2.75) is 37.8 Å². The molecule has 2 aromatic carbocycles. The SMILES string of the molecule is CC12CN(CC(=O)NCc3ccc([N+](=O)[O-])cc3)CC(C)(O1)c1c2c(O)n(-c2ccc(C#N)c(C(F)(F)F)c2)c1O. The summed E-state index contributed by atoms with van der Waals surface area (Å²) < 4.78 is 47.9. The molecule has 2 unspecified atom stereocenters. The first kappa shape index (κ1) is 27.9. The van der Waals surface area contributed by atoms with Crippen LogP contribution in [-0.4, -0.2) is 50.1 Å². The summed E-state index contributed by atoms with van der Waals surface area (Å²) in [4.78, 5) is 24.8. The molecule has 2 bridgehead atoms. The zero-order valence-electron chi connectivity index (χ0n) is 21.8. The zero-order chi connectivity index (χ0) is 29.9. The highest BCUT2D eigenvalue weighted by Crippen LogP contribution is 2.59. The summed E-state index contributed by atoms with van der Waals surface area (Å²) in [5.74, 6) is -1.35. The van der Waals surface area contributed by atoms with E-state index in [-0.39, 0.29) is 54.6 Å². The van der Waals surface area contributed by atoms with E-state index < -0.39 is 45.2 Å². The van der Waals surface area contributed by atoms with E-state index in [0.717, 1.165) is 10.6 Å². The number of nitriles is 1. The van der Waals surface area contributed by atoms with E-state index in [1.807, 2.05) is 0 Å². The Balaban J connectivity index is 1.38. The van der Waals surface area contributed by atoms with Crippen LogP contribution in [0.15, 0.2) is 42.5 Å². The minimum atomic E-state index is -4.83. The molecule has 5 rings (SSSR count). The molecule has 0 spiro atoms. The number of non-ortho nitro benzene ring substituents is 1. The third-order valence-electron chi connectivity index (χ3n) is 7.37. The van der Waals surface area contributed by atoms with Gasteiger partial charge in [0, 0.05) is 31.8 Å². The van der Waals surface area contributed by atoms with Crippen molar-refractivity contribution in [3.05, 3.63) is 80.4 Å². The Morgan fingerprint density at radius 1 is 1.12 bits per heavy atom. The molecule has 11 nitrogen and oxygen atoms in total. The Kier molecular flexibility index (Phi) is 6.47. The maximum atomic E-state index is 13.6. The van der Waals surface area contributed by atoms with Crippen LogP contribution in [0.2, 0.25) is 0 Å². The minimum Gasteiger partial charge on any atom is -0.494 e. The topological polar surface area (TPSA) is 154 Å². The van der Waals surface area contributed by atoms with Crippen LogP contribution in [0.3, 0.4) is 0 Å². The summed E-state index contributed by atoms with van der Waals surface area (Å²) >= 11 is 0. The third kappa shape index (κ3) is 4.72. The molecule has 214 valence electrons. The molecule has 0 saturated carbocycles. The van der Waals surface area contributed by atoms with E-state index in [1.165, 1.54) is 24.3 Å². The van der Waals surface area contributed by atoms with Crippen molar-refractivity contribution < 1.29 is 37.8 Å². The molecule has 3 aromatic rings. The van der Waals surface area contributed by atoms with E-state index in [4.69, 9.17) is 10.00 Å². The number of halogens is 3. The number of carbonyl (C=O) groups is 1. The van der Waals surface area contributed by atoms with Crippen molar-refractivity contribution in [3.63, 3.8) is 0 Å². The van der Waals surface area contributed by atoms with Crippen molar-refractivity contribution in [1.29, 1.82) is 5.26 Å². The van der Waals surface area contributed by atoms with Crippen molar-refractivity contribution >= 4 is 11.6 Å². The van der Waals surface area contributed by atoms with Crippen LogP contribution in [0.4, 0.5) is 18.9 Å². The molecule has 1 saturated heterocycles. The van der Waals surface area contributed by atoms with E-state index in [2.05, 4.69) is 5.32 Å². The highest BCUT2D eigenvalue weighted by Gasteiger charge is 2.59. The van der Waals surface area contributed by atoms with Gasteiger partial charge < -0.3 is 20.3 Å². The van der Waals surface area contributed by atoms with E-state index in [0.29, 0.717) is 11.6 Å². The van der Waals surface area contributed by atoms with Gasteiger partial charge in [0.15, 0.2) is 0 Å². The second kappa shape index (κ2) is 9.50. The number of aromatic nitrogens is 1. The Morgan fingerprint density at radius 2 is 1.71 bits per heavy atom.